The van der Waals surface area contributed by atoms with Crippen LogP contribution in [0, 0.1) is 12.8 Å². The van der Waals surface area contributed by atoms with E-state index in [1.807, 2.05) is 6.92 Å². The molecule has 1 aliphatic rings. The van der Waals surface area contributed by atoms with Gasteiger partial charge in [-0.15, -0.1) is 0 Å². The quantitative estimate of drug-likeness (QED) is 0.538. The first-order chi connectivity index (χ1) is 14.5. The predicted octanol–water partition coefficient (Wildman–Crippen LogP) is 2.57. The van der Waals surface area contributed by atoms with Crippen LogP contribution in [-0.4, -0.2) is 61.7 Å². The molecule has 166 valence electrons. The molecule has 9 heteroatoms. The molecule has 0 aromatic carbocycles. The molecule has 0 bridgehead atoms. The van der Waals surface area contributed by atoms with Gasteiger partial charge in [0.05, 0.1) is 12.3 Å². The van der Waals surface area contributed by atoms with E-state index in [1.54, 1.807) is 4.57 Å². The Morgan fingerprint density at radius 1 is 1.20 bits per heavy atom. The molecule has 0 atom stereocenters. The molecule has 0 radical (unpaired) electrons. The van der Waals surface area contributed by atoms with E-state index in [0.717, 1.165) is 58.2 Å². The number of rotatable bonds is 11. The first-order valence-electron chi connectivity index (χ1n) is 11.0. The van der Waals surface area contributed by atoms with Gasteiger partial charge in [-0.25, -0.2) is 4.79 Å². The lowest BCUT2D eigenvalue weighted by Crippen LogP contribution is -2.35. The van der Waals surface area contributed by atoms with E-state index in [2.05, 4.69) is 26.8 Å². The first-order valence-corrected chi connectivity index (χ1v) is 11.0. The number of aryl methyl sites for hydroxylation is 2. The Morgan fingerprint density at radius 2 is 1.93 bits per heavy atom. The second-order valence-electron chi connectivity index (χ2n) is 8.16. The maximum Gasteiger partial charge on any atom is 0.327 e. The Bertz CT molecular complexity index is 899. The summed E-state index contributed by atoms with van der Waals surface area (Å²) in [6.45, 7) is 7.99. The second kappa shape index (κ2) is 10.6. The minimum Gasteiger partial charge on any atom is -0.481 e. The third kappa shape index (κ3) is 5.81. The van der Waals surface area contributed by atoms with Crippen molar-refractivity contribution in [1.29, 1.82) is 0 Å². The SMILES string of the molecule is CCCCOc1nc(C)c2[nH]c(=O)n(CCCCN3CCC(CC(=O)O)CC3)c2n1. The van der Waals surface area contributed by atoms with Crippen molar-refractivity contribution in [1.82, 2.24) is 24.4 Å². The minimum atomic E-state index is -0.699. The van der Waals surface area contributed by atoms with Crippen LogP contribution in [-0.2, 0) is 11.3 Å². The predicted molar refractivity (Wildman–Crippen MR) is 114 cm³/mol. The Hall–Kier alpha value is -2.42. The molecular formula is C21H33N5O4. The summed E-state index contributed by atoms with van der Waals surface area (Å²) in [4.78, 5) is 37.3. The van der Waals surface area contributed by atoms with Crippen LogP contribution in [0.3, 0.4) is 0 Å². The van der Waals surface area contributed by atoms with Gasteiger partial charge >= 0.3 is 17.7 Å². The van der Waals surface area contributed by atoms with Gasteiger partial charge in [0.15, 0.2) is 5.65 Å². The van der Waals surface area contributed by atoms with E-state index in [0.29, 0.717) is 41.9 Å². The van der Waals surface area contributed by atoms with Crippen LogP contribution >= 0.6 is 0 Å². The van der Waals surface area contributed by atoms with Crippen molar-refractivity contribution in [3.05, 3.63) is 16.2 Å². The van der Waals surface area contributed by atoms with Crippen molar-refractivity contribution < 1.29 is 14.6 Å². The zero-order chi connectivity index (χ0) is 21.5. The molecule has 0 aliphatic carbocycles. The van der Waals surface area contributed by atoms with E-state index >= 15 is 0 Å². The van der Waals surface area contributed by atoms with Gasteiger partial charge in [0.1, 0.15) is 5.52 Å². The number of carboxylic acids is 1. The third-order valence-electron chi connectivity index (χ3n) is 5.79. The van der Waals surface area contributed by atoms with Gasteiger partial charge in [0.25, 0.3) is 0 Å². The third-order valence-corrected chi connectivity index (χ3v) is 5.79. The van der Waals surface area contributed by atoms with Crippen molar-refractivity contribution in [3.63, 3.8) is 0 Å². The summed E-state index contributed by atoms with van der Waals surface area (Å²) in [5.41, 5.74) is 1.83. The molecular weight excluding hydrogens is 386 g/mol. The Morgan fingerprint density at radius 3 is 2.63 bits per heavy atom. The van der Waals surface area contributed by atoms with Crippen molar-refractivity contribution in [2.45, 2.75) is 65.3 Å². The summed E-state index contributed by atoms with van der Waals surface area (Å²) in [6.07, 6.45) is 6.00. The Kier molecular flexibility index (Phi) is 7.84. The summed E-state index contributed by atoms with van der Waals surface area (Å²) in [6, 6.07) is 0.324. The molecule has 2 N–H and O–H groups in total. The Labute approximate surface area is 176 Å². The fourth-order valence-electron chi connectivity index (χ4n) is 3.99. The molecule has 2 aromatic heterocycles. The van der Waals surface area contributed by atoms with Crippen molar-refractivity contribution in [2.24, 2.45) is 5.92 Å². The average Bonchev–Trinajstić information content (AvgIpc) is 3.02. The topological polar surface area (TPSA) is 113 Å². The number of aliphatic carboxylic acids is 1. The first kappa shape index (κ1) is 22.3. The number of aromatic amines is 1. The summed E-state index contributed by atoms with van der Waals surface area (Å²) in [7, 11) is 0. The van der Waals surface area contributed by atoms with Gasteiger partial charge in [-0.05, 0) is 64.6 Å². The van der Waals surface area contributed by atoms with Crippen LogP contribution < -0.4 is 10.4 Å². The van der Waals surface area contributed by atoms with Crippen LogP contribution in [0.4, 0.5) is 0 Å². The van der Waals surface area contributed by atoms with Gasteiger partial charge < -0.3 is 19.7 Å². The highest BCUT2D eigenvalue weighted by Crippen LogP contribution is 2.21. The smallest absolute Gasteiger partial charge is 0.327 e. The molecule has 1 saturated heterocycles. The number of imidazole rings is 1. The van der Waals surface area contributed by atoms with Crippen molar-refractivity contribution >= 4 is 17.1 Å². The van der Waals surface area contributed by atoms with E-state index < -0.39 is 5.97 Å². The summed E-state index contributed by atoms with van der Waals surface area (Å²) < 4.78 is 7.32. The monoisotopic (exact) mass is 419 g/mol. The molecule has 1 fully saturated rings. The van der Waals surface area contributed by atoms with Crippen LogP contribution in [0.1, 0.15) is 57.6 Å². The number of fused-ring (bicyclic) bond motifs is 1. The second-order valence-corrected chi connectivity index (χ2v) is 8.16. The fourth-order valence-corrected chi connectivity index (χ4v) is 3.99. The highest BCUT2D eigenvalue weighted by Gasteiger charge is 2.21. The molecule has 0 spiro atoms. The lowest BCUT2D eigenvalue weighted by atomic mass is 9.93. The van der Waals surface area contributed by atoms with Gasteiger partial charge in [0, 0.05) is 13.0 Å². The zero-order valence-electron chi connectivity index (χ0n) is 18.0. The number of carboxylic acid groups (broad SMARTS) is 1. The standard InChI is InChI=1S/C21H33N5O4/c1-3-4-13-30-20-22-15(2)18-19(24-20)26(21(29)23-18)10-6-5-9-25-11-7-16(8-12-25)14-17(27)28/h16H,3-14H2,1-2H3,(H,23,29)(H,27,28). The number of hydrogen-bond donors (Lipinski definition) is 2. The summed E-state index contributed by atoms with van der Waals surface area (Å²) >= 11 is 0. The number of ether oxygens (including phenoxy) is 1. The van der Waals surface area contributed by atoms with Gasteiger partial charge in [-0.1, -0.05) is 13.3 Å². The number of hydrogen-bond acceptors (Lipinski definition) is 6. The maximum atomic E-state index is 12.4. The normalized spacial score (nSPS) is 15.7. The van der Waals surface area contributed by atoms with Crippen molar-refractivity contribution in [2.75, 3.05) is 26.2 Å². The lowest BCUT2D eigenvalue weighted by Gasteiger charge is -2.31. The number of likely N-dealkylation sites (tertiary alicyclic amines) is 1. The van der Waals surface area contributed by atoms with E-state index in [-0.39, 0.29) is 12.1 Å². The average molecular weight is 420 g/mol. The van der Waals surface area contributed by atoms with Crippen LogP contribution in [0.15, 0.2) is 4.79 Å². The molecule has 3 rings (SSSR count). The van der Waals surface area contributed by atoms with Gasteiger partial charge in [-0.2, -0.15) is 9.97 Å². The molecule has 0 amide bonds. The number of carbonyl (C=O) groups is 1. The summed E-state index contributed by atoms with van der Waals surface area (Å²) in [5, 5.41) is 8.92. The number of nitrogens with one attached hydrogen (secondary N) is 1. The van der Waals surface area contributed by atoms with E-state index in [9.17, 15) is 9.59 Å². The Balaban J connectivity index is 1.52. The lowest BCUT2D eigenvalue weighted by molar-refractivity contribution is -0.138. The minimum absolute atomic E-state index is 0.164. The number of piperidine rings is 1. The summed E-state index contributed by atoms with van der Waals surface area (Å²) in [5.74, 6) is -0.393. The highest BCUT2D eigenvalue weighted by atomic mass is 16.5. The maximum absolute atomic E-state index is 12.4. The van der Waals surface area contributed by atoms with Crippen LogP contribution in [0.5, 0.6) is 6.01 Å². The largest absolute Gasteiger partial charge is 0.481 e. The zero-order valence-corrected chi connectivity index (χ0v) is 18.0. The molecule has 30 heavy (non-hydrogen) atoms. The number of unbranched alkanes of at least 4 members (excludes halogenated alkanes) is 2. The number of H-pyrrole nitrogens is 1. The highest BCUT2D eigenvalue weighted by molar-refractivity contribution is 5.73. The number of aromatic nitrogens is 4. The van der Waals surface area contributed by atoms with Crippen LogP contribution in [0.2, 0.25) is 0 Å². The molecule has 0 unspecified atom stereocenters. The molecule has 1 aliphatic heterocycles. The molecule has 0 saturated carbocycles. The van der Waals surface area contributed by atoms with Crippen LogP contribution in [0.25, 0.3) is 11.2 Å². The molecule has 2 aromatic rings. The fraction of sp³-hybridized carbons (Fsp3) is 0.714. The molecule has 9 nitrogen and oxygen atoms in total. The van der Waals surface area contributed by atoms with Gasteiger partial charge in [0.2, 0.25) is 0 Å². The van der Waals surface area contributed by atoms with E-state index in [4.69, 9.17) is 9.84 Å². The number of nitrogens with zero attached hydrogens (tertiary/aromatic N) is 4. The van der Waals surface area contributed by atoms with E-state index in [1.165, 1.54) is 0 Å². The molecule has 3 heterocycles. The van der Waals surface area contributed by atoms with Crippen molar-refractivity contribution in [3.8, 4) is 6.01 Å². The van der Waals surface area contributed by atoms with Gasteiger partial charge in [-0.3, -0.25) is 9.36 Å².